The van der Waals surface area contributed by atoms with Gasteiger partial charge in [0.05, 0.1) is 14.2 Å². The first-order valence-corrected chi connectivity index (χ1v) is 11.4. The lowest BCUT2D eigenvalue weighted by atomic mass is 10.0. The lowest BCUT2D eigenvalue weighted by molar-refractivity contribution is 0.393. The van der Waals surface area contributed by atoms with Gasteiger partial charge in [-0.05, 0) is 25.0 Å². The van der Waals surface area contributed by atoms with Crippen molar-refractivity contribution in [3.63, 3.8) is 0 Å². The molecule has 1 fully saturated rings. The van der Waals surface area contributed by atoms with E-state index in [0.29, 0.717) is 17.5 Å². The van der Waals surface area contributed by atoms with E-state index in [1.165, 1.54) is 17.8 Å². The minimum atomic E-state index is -0.171. The Kier molecular flexibility index (Phi) is 11.2. The van der Waals surface area contributed by atoms with E-state index in [2.05, 4.69) is 20.5 Å². The van der Waals surface area contributed by atoms with Gasteiger partial charge in [0.1, 0.15) is 17.3 Å². The Morgan fingerprint density at radius 1 is 1.12 bits per heavy atom. The number of rotatable bonds is 8. The quantitative estimate of drug-likeness (QED) is 0.161. The zero-order valence-corrected chi connectivity index (χ0v) is 21.9. The van der Waals surface area contributed by atoms with E-state index in [0.717, 1.165) is 54.8 Å². The van der Waals surface area contributed by atoms with Crippen LogP contribution in [0, 0.1) is 5.82 Å². The first kappa shape index (κ1) is 26.4. The van der Waals surface area contributed by atoms with Gasteiger partial charge in [0.15, 0.2) is 5.96 Å². The third kappa shape index (κ3) is 7.61. The number of methoxy groups -OCH3 is 2. The molecule has 2 N–H and O–H groups in total. The molecular formula is C23H32FIN4O2S. The number of ether oxygens (including phenoxy) is 2. The molecule has 0 radical (unpaired) electrons. The summed E-state index contributed by atoms with van der Waals surface area (Å²) in [7, 11) is 5.11. The van der Waals surface area contributed by atoms with Gasteiger partial charge in [-0.3, -0.25) is 4.99 Å². The van der Waals surface area contributed by atoms with Crippen LogP contribution < -0.4 is 25.0 Å². The molecule has 0 aliphatic carbocycles. The SMILES string of the molecule is CN=C(NCCSc1ccccc1F)NC1CCN(c2cc(OC)cc(OC)c2)CC1.I. The van der Waals surface area contributed by atoms with Crippen LogP contribution in [0.5, 0.6) is 11.5 Å². The molecule has 0 saturated carbocycles. The second kappa shape index (κ2) is 13.6. The van der Waals surface area contributed by atoms with Gasteiger partial charge < -0.3 is 25.0 Å². The highest BCUT2D eigenvalue weighted by Gasteiger charge is 2.21. The van der Waals surface area contributed by atoms with Crippen molar-refractivity contribution in [2.45, 2.75) is 23.8 Å². The molecule has 2 aromatic carbocycles. The Morgan fingerprint density at radius 2 is 1.78 bits per heavy atom. The molecule has 0 unspecified atom stereocenters. The lowest BCUT2D eigenvalue weighted by Gasteiger charge is -2.34. The number of piperidine rings is 1. The van der Waals surface area contributed by atoms with Crippen molar-refractivity contribution in [3.05, 3.63) is 48.3 Å². The maximum absolute atomic E-state index is 13.7. The van der Waals surface area contributed by atoms with E-state index in [9.17, 15) is 4.39 Å². The Morgan fingerprint density at radius 3 is 2.38 bits per heavy atom. The summed E-state index contributed by atoms with van der Waals surface area (Å²) in [5.74, 6) is 2.98. The number of nitrogens with zero attached hydrogens (tertiary/aromatic N) is 2. The highest BCUT2D eigenvalue weighted by molar-refractivity contribution is 14.0. The summed E-state index contributed by atoms with van der Waals surface area (Å²) in [5, 5.41) is 6.84. The minimum Gasteiger partial charge on any atom is -0.497 e. The van der Waals surface area contributed by atoms with Crippen LogP contribution in [-0.2, 0) is 0 Å². The minimum absolute atomic E-state index is 0. The molecule has 0 atom stereocenters. The number of aliphatic imine (C=N–C) groups is 1. The van der Waals surface area contributed by atoms with E-state index >= 15 is 0 Å². The van der Waals surface area contributed by atoms with Crippen LogP contribution in [0.4, 0.5) is 10.1 Å². The van der Waals surface area contributed by atoms with Gasteiger partial charge >= 0.3 is 0 Å². The number of hydrogen-bond donors (Lipinski definition) is 2. The van der Waals surface area contributed by atoms with Crippen LogP contribution in [0.1, 0.15) is 12.8 Å². The second-order valence-electron chi connectivity index (χ2n) is 7.25. The fraction of sp³-hybridized carbons (Fsp3) is 0.435. The Bertz CT molecular complexity index is 857. The highest BCUT2D eigenvalue weighted by atomic mass is 127. The zero-order valence-electron chi connectivity index (χ0n) is 18.8. The van der Waals surface area contributed by atoms with Crippen molar-refractivity contribution >= 4 is 47.4 Å². The monoisotopic (exact) mass is 574 g/mol. The highest BCUT2D eigenvalue weighted by Crippen LogP contribution is 2.30. The zero-order chi connectivity index (χ0) is 22.1. The third-order valence-corrected chi connectivity index (χ3v) is 6.30. The number of guanidine groups is 1. The van der Waals surface area contributed by atoms with Crippen molar-refractivity contribution in [1.82, 2.24) is 10.6 Å². The summed E-state index contributed by atoms with van der Waals surface area (Å²) >= 11 is 1.50. The fourth-order valence-electron chi connectivity index (χ4n) is 3.54. The van der Waals surface area contributed by atoms with Crippen LogP contribution in [-0.4, -0.2) is 58.7 Å². The standard InChI is InChI=1S/C23H31FN4O2S.HI/c1-25-23(26-10-13-31-22-7-5-4-6-21(22)24)27-17-8-11-28(12-9-17)18-14-19(29-2)16-20(15-18)30-3;/h4-7,14-17H,8-13H2,1-3H3,(H2,25,26,27);1H. The van der Waals surface area contributed by atoms with Crippen LogP contribution in [0.3, 0.4) is 0 Å². The van der Waals surface area contributed by atoms with Gasteiger partial charge in [-0.1, -0.05) is 12.1 Å². The maximum atomic E-state index is 13.7. The van der Waals surface area contributed by atoms with Crippen molar-refractivity contribution in [3.8, 4) is 11.5 Å². The molecule has 1 aliphatic rings. The molecule has 6 nitrogen and oxygen atoms in total. The molecule has 0 amide bonds. The summed E-state index contributed by atoms with van der Waals surface area (Å²) < 4.78 is 24.5. The number of anilines is 1. The van der Waals surface area contributed by atoms with Crippen molar-refractivity contribution < 1.29 is 13.9 Å². The van der Waals surface area contributed by atoms with Crippen LogP contribution in [0.2, 0.25) is 0 Å². The summed E-state index contributed by atoms with van der Waals surface area (Å²) in [6.07, 6.45) is 2.01. The van der Waals surface area contributed by atoms with Crippen molar-refractivity contribution in [2.24, 2.45) is 4.99 Å². The average Bonchev–Trinajstić information content (AvgIpc) is 2.82. The first-order valence-electron chi connectivity index (χ1n) is 10.5. The Hall–Kier alpha value is -1.88. The summed E-state index contributed by atoms with van der Waals surface area (Å²) in [6, 6.07) is 13.2. The van der Waals surface area contributed by atoms with Crippen molar-refractivity contribution in [2.75, 3.05) is 51.6 Å². The van der Waals surface area contributed by atoms with E-state index in [1.807, 2.05) is 24.3 Å². The van der Waals surface area contributed by atoms with Crippen LogP contribution in [0.25, 0.3) is 0 Å². The van der Waals surface area contributed by atoms with Gasteiger partial charge in [-0.2, -0.15) is 0 Å². The topological polar surface area (TPSA) is 58.1 Å². The first-order chi connectivity index (χ1) is 15.1. The molecule has 1 saturated heterocycles. The summed E-state index contributed by atoms with van der Waals surface area (Å²) in [5.41, 5.74) is 1.11. The predicted molar refractivity (Wildman–Crippen MR) is 142 cm³/mol. The molecule has 3 rings (SSSR count). The normalized spacial score (nSPS) is 14.5. The Balaban J connectivity index is 0.00000363. The lowest BCUT2D eigenvalue weighted by Crippen LogP contribution is -2.49. The van der Waals surface area contributed by atoms with Gasteiger partial charge in [-0.25, -0.2) is 4.39 Å². The van der Waals surface area contributed by atoms with Crippen LogP contribution >= 0.6 is 35.7 Å². The molecule has 1 heterocycles. The van der Waals surface area contributed by atoms with Crippen LogP contribution in [0.15, 0.2) is 52.4 Å². The number of nitrogens with one attached hydrogen (secondary N) is 2. The van der Waals surface area contributed by atoms with E-state index < -0.39 is 0 Å². The van der Waals surface area contributed by atoms with E-state index in [1.54, 1.807) is 33.4 Å². The summed E-state index contributed by atoms with van der Waals surface area (Å²) in [6.45, 7) is 2.59. The number of hydrogen-bond acceptors (Lipinski definition) is 5. The molecular weight excluding hydrogens is 542 g/mol. The maximum Gasteiger partial charge on any atom is 0.191 e. The second-order valence-corrected chi connectivity index (χ2v) is 8.39. The molecule has 0 bridgehead atoms. The molecule has 32 heavy (non-hydrogen) atoms. The van der Waals surface area contributed by atoms with Gasteiger partial charge in [-0.15, -0.1) is 35.7 Å². The molecule has 176 valence electrons. The summed E-state index contributed by atoms with van der Waals surface area (Å²) in [4.78, 5) is 7.36. The molecule has 1 aliphatic heterocycles. The van der Waals surface area contributed by atoms with Gasteiger partial charge in [0, 0.05) is 67.3 Å². The molecule has 0 spiro atoms. The van der Waals surface area contributed by atoms with Crippen molar-refractivity contribution in [1.29, 1.82) is 0 Å². The predicted octanol–water partition coefficient (Wildman–Crippen LogP) is 4.39. The number of thioether (sulfide) groups is 1. The van der Waals surface area contributed by atoms with E-state index in [4.69, 9.17) is 9.47 Å². The molecule has 2 aromatic rings. The van der Waals surface area contributed by atoms with Gasteiger partial charge in [0.2, 0.25) is 0 Å². The largest absolute Gasteiger partial charge is 0.497 e. The third-order valence-electron chi connectivity index (χ3n) is 5.25. The molecule has 0 aromatic heterocycles. The molecule has 9 heteroatoms. The average molecular weight is 575 g/mol. The number of benzene rings is 2. The Labute approximate surface area is 211 Å². The smallest absolute Gasteiger partial charge is 0.191 e. The van der Waals surface area contributed by atoms with Gasteiger partial charge in [0.25, 0.3) is 0 Å². The van der Waals surface area contributed by atoms with E-state index in [-0.39, 0.29) is 29.8 Å². The fourth-order valence-corrected chi connectivity index (χ4v) is 4.34. The number of halogens is 2.